The van der Waals surface area contributed by atoms with Crippen molar-refractivity contribution in [2.75, 3.05) is 30.2 Å². The van der Waals surface area contributed by atoms with E-state index in [-0.39, 0.29) is 28.4 Å². The van der Waals surface area contributed by atoms with E-state index in [4.69, 9.17) is 14.5 Å². The number of nitrogens with one attached hydrogen (secondary N) is 1. The summed E-state index contributed by atoms with van der Waals surface area (Å²) in [6.45, 7) is 0. The molecule has 0 fully saturated rings. The molecular formula is C24H24N6O10S5. The van der Waals surface area contributed by atoms with Gasteiger partial charge in [0, 0.05) is 22.1 Å². The number of aromatic nitrogens is 3. The van der Waals surface area contributed by atoms with Crippen molar-refractivity contribution in [3.05, 3.63) is 48.5 Å². The second kappa shape index (κ2) is 15.4. The van der Waals surface area contributed by atoms with Crippen LogP contribution in [0.3, 0.4) is 0 Å². The zero-order chi connectivity index (χ0) is 32.6. The van der Waals surface area contributed by atoms with Crippen LogP contribution >= 0.6 is 35.6 Å². The first-order valence-electron chi connectivity index (χ1n) is 12.3. The molecule has 0 aliphatic heterocycles. The van der Waals surface area contributed by atoms with Gasteiger partial charge in [-0.15, -0.1) is 4.33 Å². The van der Waals surface area contributed by atoms with E-state index in [1.54, 1.807) is 42.7 Å². The first-order valence-corrected chi connectivity index (χ1v) is 18.3. The van der Waals surface area contributed by atoms with Gasteiger partial charge in [-0.1, -0.05) is 34.6 Å². The third kappa shape index (κ3) is 10.2. The summed E-state index contributed by atoms with van der Waals surface area (Å²) >= 11 is 3.06. The second-order valence-electron chi connectivity index (χ2n) is 8.65. The first kappa shape index (κ1) is 34.7. The van der Waals surface area contributed by atoms with Gasteiger partial charge in [-0.2, -0.15) is 42.0 Å². The van der Waals surface area contributed by atoms with Crippen LogP contribution in [0.15, 0.2) is 78.9 Å². The molecule has 0 saturated carbocycles. The third-order valence-corrected chi connectivity index (χ3v) is 9.32. The Kier molecular flexibility index (Phi) is 11.9. The fourth-order valence-electron chi connectivity index (χ4n) is 3.70. The molecule has 0 atom stereocenters. The highest BCUT2D eigenvalue weighted by molar-refractivity contribution is 7.99. The molecule has 0 aliphatic rings. The number of fused-ring (bicyclic) bond motifs is 1. The van der Waals surface area contributed by atoms with Gasteiger partial charge in [0.2, 0.25) is 5.95 Å². The van der Waals surface area contributed by atoms with Crippen LogP contribution in [0.1, 0.15) is 6.42 Å². The van der Waals surface area contributed by atoms with Gasteiger partial charge in [0.15, 0.2) is 10.3 Å². The predicted octanol–water partition coefficient (Wildman–Crippen LogP) is 5.96. The fourth-order valence-corrected chi connectivity index (χ4v) is 6.83. The van der Waals surface area contributed by atoms with Crippen LogP contribution in [-0.2, 0) is 29.6 Å². The molecule has 1 aromatic heterocycles. The Morgan fingerprint density at radius 2 is 1.64 bits per heavy atom. The number of ether oxygens (including phenoxy) is 1. The number of azo groups is 1. The average molecular weight is 717 g/mol. The van der Waals surface area contributed by atoms with Crippen molar-refractivity contribution in [3.63, 3.8) is 0 Å². The molecule has 240 valence electrons. The zero-order valence-corrected chi connectivity index (χ0v) is 27.3. The van der Waals surface area contributed by atoms with Gasteiger partial charge in [0.25, 0.3) is 20.2 Å². The van der Waals surface area contributed by atoms with E-state index >= 15 is 0 Å². The summed E-state index contributed by atoms with van der Waals surface area (Å²) in [5.41, 5.74) is 1.20. The number of thioether (sulfide) groups is 2. The lowest BCUT2D eigenvalue weighted by molar-refractivity contribution is -0.432. The van der Waals surface area contributed by atoms with Gasteiger partial charge in [-0.25, -0.2) is 5.26 Å². The minimum absolute atomic E-state index is 0.179. The second-order valence-corrected chi connectivity index (χ2v) is 14.2. The number of nitrogens with zero attached hydrogens (tertiary/aromatic N) is 5. The van der Waals surface area contributed by atoms with Gasteiger partial charge in [0.1, 0.15) is 10.6 Å². The minimum atomic E-state index is -4.64. The van der Waals surface area contributed by atoms with E-state index in [0.29, 0.717) is 56.3 Å². The maximum absolute atomic E-state index is 12.1. The fraction of sp³-hybridized carbons (Fsp3) is 0.208. The Morgan fingerprint density at radius 3 is 2.31 bits per heavy atom. The van der Waals surface area contributed by atoms with E-state index in [1.165, 1.54) is 36.7 Å². The van der Waals surface area contributed by atoms with Crippen molar-refractivity contribution < 1.29 is 45.3 Å². The monoisotopic (exact) mass is 716 g/mol. The number of anilines is 2. The lowest BCUT2D eigenvalue weighted by atomic mass is 10.1. The van der Waals surface area contributed by atoms with Crippen molar-refractivity contribution in [1.29, 1.82) is 0 Å². The lowest BCUT2D eigenvalue weighted by Gasteiger charge is -2.11. The molecule has 0 amide bonds. The van der Waals surface area contributed by atoms with Crippen LogP contribution in [0.25, 0.3) is 10.8 Å². The normalized spacial score (nSPS) is 12.2. The molecule has 4 rings (SSSR count). The van der Waals surface area contributed by atoms with Crippen LogP contribution in [0.2, 0.25) is 0 Å². The molecule has 45 heavy (non-hydrogen) atoms. The first-order chi connectivity index (χ1) is 21.4. The summed E-state index contributed by atoms with van der Waals surface area (Å²) in [7, 11) is -7.22. The number of benzene rings is 3. The summed E-state index contributed by atoms with van der Waals surface area (Å²) in [4.78, 5) is 12.9. The molecule has 21 heteroatoms. The number of hydrogen-bond donors (Lipinski definition) is 4. The SMILES string of the molecule is COc1cc(N=Nc2ccc3cc(SOOO)cc(S(=O)(=O)O)c3c2)ccc1Nc1nc(SC)nc(SCCCS(=O)(=O)O)n1. The number of rotatable bonds is 15. The Hall–Kier alpha value is -3.12. The summed E-state index contributed by atoms with van der Waals surface area (Å²) in [5, 5.41) is 24.8. The summed E-state index contributed by atoms with van der Waals surface area (Å²) < 4.78 is 74.6. The molecule has 0 unspecified atom stereocenters. The Labute approximate surface area is 270 Å². The molecule has 0 saturated heterocycles. The van der Waals surface area contributed by atoms with Crippen LogP contribution in [-0.4, -0.2) is 71.0 Å². The van der Waals surface area contributed by atoms with Crippen LogP contribution < -0.4 is 10.1 Å². The van der Waals surface area contributed by atoms with E-state index in [2.05, 4.69) is 39.9 Å². The maximum Gasteiger partial charge on any atom is 0.295 e. The van der Waals surface area contributed by atoms with E-state index in [0.717, 1.165) is 6.07 Å². The van der Waals surface area contributed by atoms with Gasteiger partial charge in [-0.3, -0.25) is 9.11 Å². The number of hydrogen-bond acceptors (Lipinski definition) is 17. The smallest absolute Gasteiger partial charge is 0.295 e. The Balaban J connectivity index is 1.54. The molecule has 0 bridgehead atoms. The minimum Gasteiger partial charge on any atom is -0.494 e. The van der Waals surface area contributed by atoms with Crippen molar-refractivity contribution >= 4 is 89.6 Å². The molecule has 16 nitrogen and oxygen atoms in total. The molecule has 0 spiro atoms. The van der Waals surface area contributed by atoms with Crippen molar-refractivity contribution in [1.82, 2.24) is 15.0 Å². The summed E-state index contributed by atoms with van der Waals surface area (Å²) in [6.07, 6.45) is 2.01. The van der Waals surface area contributed by atoms with E-state index in [1.807, 2.05) is 0 Å². The van der Waals surface area contributed by atoms with Crippen LogP contribution in [0.4, 0.5) is 23.0 Å². The predicted molar refractivity (Wildman–Crippen MR) is 168 cm³/mol. The molecule has 1 heterocycles. The van der Waals surface area contributed by atoms with Crippen molar-refractivity contribution in [2.45, 2.75) is 26.5 Å². The summed E-state index contributed by atoms with van der Waals surface area (Å²) in [6, 6.07) is 12.2. The van der Waals surface area contributed by atoms with Crippen molar-refractivity contribution in [2.24, 2.45) is 10.2 Å². The highest BCUT2D eigenvalue weighted by Crippen LogP contribution is 2.35. The molecule has 4 N–H and O–H groups in total. The molecule has 0 radical (unpaired) electrons. The van der Waals surface area contributed by atoms with Crippen LogP contribution in [0.5, 0.6) is 5.75 Å². The summed E-state index contributed by atoms with van der Waals surface area (Å²) in [5.74, 6) is 0.606. The third-order valence-electron chi connectivity index (χ3n) is 5.58. The van der Waals surface area contributed by atoms with Gasteiger partial charge < -0.3 is 10.1 Å². The Morgan fingerprint density at radius 1 is 0.933 bits per heavy atom. The van der Waals surface area contributed by atoms with E-state index < -0.39 is 25.1 Å². The molecule has 4 aromatic rings. The largest absolute Gasteiger partial charge is 0.494 e. The zero-order valence-electron chi connectivity index (χ0n) is 23.2. The topological polar surface area (TPSA) is 232 Å². The van der Waals surface area contributed by atoms with E-state index in [9.17, 15) is 21.4 Å². The van der Waals surface area contributed by atoms with Crippen molar-refractivity contribution in [3.8, 4) is 5.75 Å². The highest BCUT2D eigenvalue weighted by atomic mass is 32.2. The molecule has 0 aliphatic carbocycles. The number of methoxy groups -OCH3 is 1. The molecular weight excluding hydrogens is 693 g/mol. The average Bonchev–Trinajstić information content (AvgIpc) is 3.00. The quantitative estimate of drug-likeness (QED) is 0.0211. The highest BCUT2D eigenvalue weighted by Gasteiger charge is 2.17. The Bertz CT molecular complexity index is 1930. The van der Waals surface area contributed by atoms with Gasteiger partial charge >= 0.3 is 0 Å². The van der Waals surface area contributed by atoms with Gasteiger partial charge in [0.05, 0.1) is 42.0 Å². The maximum atomic E-state index is 12.1. The van der Waals surface area contributed by atoms with Crippen LogP contribution in [0, 0.1) is 0 Å². The standard InChI is InChI=1S/C24H24N6O10S5/c1-38-20-12-16(6-7-19(20)25-22-26-23(41-2)28-24(27-22)42-8-3-9-44(32,33)34)30-29-15-5-4-14-10-17(43-40-39-31)13-21(18(14)11-15)45(35,36)37/h4-7,10-13,31H,3,8-9H2,1-2H3,(H,32,33,34)(H,35,36,37)(H,25,26,27,28). The lowest BCUT2D eigenvalue weighted by Crippen LogP contribution is -2.06. The van der Waals surface area contributed by atoms with Gasteiger partial charge in [-0.05, 0) is 54.5 Å². The molecule has 3 aromatic carbocycles.